The maximum absolute atomic E-state index is 13.6. The minimum absolute atomic E-state index is 0.216. The van der Waals surface area contributed by atoms with E-state index >= 15 is 0 Å². The van der Waals surface area contributed by atoms with Gasteiger partial charge < -0.3 is 10.2 Å². The summed E-state index contributed by atoms with van der Waals surface area (Å²) in [5.41, 5.74) is 0.216. The van der Waals surface area contributed by atoms with Crippen molar-refractivity contribution in [2.75, 3.05) is 31.5 Å². The molecule has 3 rings (SSSR count). The molecular formula is C16H17ClFN3OS. The van der Waals surface area contributed by atoms with Gasteiger partial charge in [-0.2, -0.15) is 0 Å². The SMILES string of the molecule is O=C(Nc1ccccc1F)N1CCN(Cc2ccc(Cl)s2)CC1. The molecule has 1 aliphatic rings. The molecule has 0 saturated carbocycles. The highest BCUT2D eigenvalue weighted by molar-refractivity contribution is 7.16. The van der Waals surface area contributed by atoms with Crippen molar-refractivity contribution in [3.05, 3.63) is 51.4 Å². The Morgan fingerprint density at radius 3 is 2.57 bits per heavy atom. The normalized spacial score (nSPS) is 15.7. The predicted molar refractivity (Wildman–Crippen MR) is 91.6 cm³/mol. The van der Waals surface area contributed by atoms with E-state index in [1.807, 2.05) is 12.1 Å². The summed E-state index contributed by atoms with van der Waals surface area (Å²) in [6.45, 7) is 3.68. The lowest BCUT2D eigenvalue weighted by Crippen LogP contribution is -2.49. The van der Waals surface area contributed by atoms with Gasteiger partial charge in [-0.25, -0.2) is 9.18 Å². The van der Waals surface area contributed by atoms with E-state index in [4.69, 9.17) is 11.6 Å². The molecule has 23 heavy (non-hydrogen) atoms. The minimum atomic E-state index is -0.422. The maximum atomic E-state index is 13.6. The zero-order chi connectivity index (χ0) is 16.2. The Labute approximate surface area is 143 Å². The number of rotatable bonds is 3. The lowest BCUT2D eigenvalue weighted by molar-refractivity contribution is 0.143. The van der Waals surface area contributed by atoms with Crippen LogP contribution < -0.4 is 5.32 Å². The molecule has 1 aromatic heterocycles. The molecule has 0 unspecified atom stereocenters. The Kier molecular flexibility index (Phi) is 5.15. The average Bonchev–Trinajstić information content (AvgIpc) is 2.95. The fraction of sp³-hybridized carbons (Fsp3) is 0.312. The molecule has 1 aromatic carbocycles. The summed E-state index contributed by atoms with van der Waals surface area (Å²) in [4.78, 5) is 17.4. The molecule has 0 radical (unpaired) electrons. The number of halogens is 2. The third-order valence-corrected chi connectivity index (χ3v) is 5.00. The molecule has 7 heteroatoms. The van der Waals surface area contributed by atoms with Crippen molar-refractivity contribution >= 4 is 34.7 Å². The van der Waals surface area contributed by atoms with E-state index in [0.29, 0.717) is 13.1 Å². The van der Waals surface area contributed by atoms with E-state index in [9.17, 15) is 9.18 Å². The first-order valence-electron chi connectivity index (χ1n) is 7.39. The molecule has 1 saturated heterocycles. The van der Waals surface area contributed by atoms with Crippen LogP contribution in [-0.2, 0) is 6.54 Å². The smallest absolute Gasteiger partial charge is 0.322 e. The van der Waals surface area contributed by atoms with Gasteiger partial charge in [-0.05, 0) is 24.3 Å². The molecule has 4 nitrogen and oxygen atoms in total. The highest BCUT2D eigenvalue weighted by Crippen LogP contribution is 2.23. The summed E-state index contributed by atoms with van der Waals surface area (Å²) in [7, 11) is 0. The average molecular weight is 354 g/mol. The molecule has 0 atom stereocenters. The van der Waals surface area contributed by atoms with Crippen molar-refractivity contribution in [2.45, 2.75) is 6.54 Å². The van der Waals surface area contributed by atoms with Crippen LogP contribution in [0, 0.1) is 5.82 Å². The van der Waals surface area contributed by atoms with Gasteiger partial charge >= 0.3 is 6.03 Å². The van der Waals surface area contributed by atoms with Crippen molar-refractivity contribution in [2.24, 2.45) is 0 Å². The van der Waals surface area contributed by atoms with E-state index < -0.39 is 5.82 Å². The first-order valence-corrected chi connectivity index (χ1v) is 8.58. The van der Waals surface area contributed by atoms with E-state index in [2.05, 4.69) is 10.2 Å². The molecule has 0 spiro atoms. The minimum Gasteiger partial charge on any atom is -0.322 e. The number of nitrogens with zero attached hydrogens (tertiary/aromatic N) is 2. The van der Waals surface area contributed by atoms with Crippen molar-refractivity contribution in [1.82, 2.24) is 9.80 Å². The first kappa shape index (κ1) is 16.2. The van der Waals surface area contributed by atoms with Crippen LogP contribution in [0.25, 0.3) is 0 Å². The number of carbonyl (C=O) groups excluding carboxylic acids is 1. The third-order valence-electron chi connectivity index (χ3n) is 3.78. The zero-order valence-electron chi connectivity index (χ0n) is 12.5. The van der Waals surface area contributed by atoms with Gasteiger partial charge in [0.05, 0.1) is 10.0 Å². The standard InChI is InChI=1S/C16H17ClFN3OS/c17-15-6-5-12(23-15)11-20-7-9-21(10-8-20)16(22)19-14-4-2-1-3-13(14)18/h1-6H,7-11H2,(H,19,22). The molecular weight excluding hydrogens is 337 g/mol. The van der Waals surface area contributed by atoms with Crippen molar-refractivity contribution in [3.8, 4) is 0 Å². The van der Waals surface area contributed by atoms with Crippen LogP contribution in [0.4, 0.5) is 14.9 Å². The van der Waals surface area contributed by atoms with Gasteiger partial charge in [-0.15, -0.1) is 11.3 Å². The molecule has 0 bridgehead atoms. The van der Waals surface area contributed by atoms with E-state index in [1.54, 1.807) is 34.4 Å². The molecule has 2 heterocycles. The van der Waals surface area contributed by atoms with Crippen LogP contribution in [0.2, 0.25) is 4.34 Å². The monoisotopic (exact) mass is 353 g/mol. The molecule has 1 N–H and O–H groups in total. The molecule has 1 aliphatic heterocycles. The fourth-order valence-electron chi connectivity index (χ4n) is 2.52. The molecule has 1 fully saturated rings. The summed E-state index contributed by atoms with van der Waals surface area (Å²) in [5, 5.41) is 2.63. The Morgan fingerprint density at radius 2 is 1.91 bits per heavy atom. The quantitative estimate of drug-likeness (QED) is 0.908. The van der Waals surface area contributed by atoms with E-state index in [0.717, 1.165) is 24.0 Å². The summed E-state index contributed by atoms with van der Waals surface area (Å²) < 4.78 is 14.4. The maximum Gasteiger partial charge on any atom is 0.322 e. The number of hydrogen-bond donors (Lipinski definition) is 1. The second-order valence-electron chi connectivity index (χ2n) is 5.38. The van der Waals surface area contributed by atoms with Crippen molar-refractivity contribution in [1.29, 1.82) is 0 Å². The number of urea groups is 1. The van der Waals surface area contributed by atoms with E-state index in [1.165, 1.54) is 10.9 Å². The van der Waals surface area contributed by atoms with Crippen LogP contribution in [0.15, 0.2) is 36.4 Å². The number of carbonyl (C=O) groups is 1. The lowest BCUT2D eigenvalue weighted by atomic mass is 10.3. The number of piperazine rings is 1. The number of thiophene rings is 1. The Morgan fingerprint density at radius 1 is 1.17 bits per heavy atom. The largest absolute Gasteiger partial charge is 0.322 e. The first-order chi connectivity index (χ1) is 11.1. The Hall–Kier alpha value is -1.63. The van der Waals surface area contributed by atoms with Gasteiger partial charge in [0.15, 0.2) is 0 Å². The van der Waals surface area contributed by atoms with Crippen LogP contribution in [0.5, 0.6) is 0 Å². The van der Waals surface area contributed by atoms with Gasteiger partial charge in [0.25, 0.3) is 0 Å². The predicted octanol–water partition coefficient (Wildman–Crippen LogP) is 3.89. The number of hydrogen-bond acceptors (Lipinski definition) is 3. The zero-order valence-corrected chi connectivity index (χ0v) is 14.0. The van der Waals surface area contributed by atoms with Gasteiger partial charge in [-0.1, -0.05) is 23.7 Å². The van der Waals surface area contributed by atoms with Crippen molar-refractivity contribution in [3.63, 3.8) is 0 Å². The van der Waals surface area contributed by atoms with Crippen LogP contribution in [0.1, 0.15) is 4.88 Å². The number of benzene rings is 1. The van der Waals surface area contributed by atoms with Crippen LogP contribution in [0.3, 0.4) is 0 Å². The molecule has 0 aliphatic carbocycles. The van der Waals surface area contributed by atoms with Crippen molar-refractivity contribution < 1.29 is 9.18 Å². The van der Waals surface area contributed by atoms with Gasteiger partial charge in [0, 0.05) is 37.6 Å². The van der Waals surface area contributed by atoms with Gasteiger partial charge in [-0.3, -0.25) is 4.90 Å². The van der Waals surface area contributed by atoms with Gasteiger partial charge in [0.1, 0.15) is 5.82 Å². The number of para-hydroxylation sites is 1. The summed E-state index contributed by atoms with van der Waals surface area (Å²) in [6, 6.07) is 9.87. The molecule has 2 aromatic rings. The van der Waals surface area contributed by atoms with E-state index in [-0.39, 0.29) is 11.7 Å². The second-order valence-corrected chi connectivity index (χ2v) is 7.18. The highest BCUT2D eigenvalue weighted by atomic mass is 35.5. The third kappa shape index (κ3) is 4.22. The fourth-order valence-corrected chi connectivity index (χ4v) is 3.65. The number of anilines is 1. The Bertz CT molecular complexity index is 685. The number of amides is 2. The second kappa shape index (κ2) is 7.29. The molecule has 122 valence electrons. The highest BCUT2D eigenvalue weighted by Gasteiger charge is 2.22. The van der Waals surface area contributed by atoms with Crippen LogP contribution >= 0.6 is 22.9 Å². The van der Waals surface area contributed by atoms with Gasteiger partial charge in [0.2, 0.25) is 0 Å². The van der Waals surface area contributed by atoms with Crippen LogP contribution in [-0.4, -0.2) is 42.0 Å². The Balaban J connectivity index is 1.50. The number of nitrogens with one attached hydrogen (secondary N) is 1. The molecule has 2 amide bonds. The topological polar surface area (TPSA) is 35.6 Å². The summed E-state index contributed by atoms with van der Waals surface area (Å²) in [6.07, 6.45) is 0. The summed E-state index contributed by atoms with van der Waals surface area (Å²) >= 11 is 7.52. The lowest BCUT2D eigenvalue weighted by Gasteiger charge is -2.34. The summed E-state index contributed by atoms with van der Waals surface area (Å²) in [5.74, 6) is -0.422.